The van der Waals surface area contributed by atoms with Crippen LogP contribution in [-0.2, 0) is 6.42 Å². The van der Waals surface area contributed by atoms with Gasteiger partial charge in [-0.15, -0.1) is 0 Å². The molecule has 0 bridgehead atoms. The molecule has 0 aliphatic rings. The van der Waals surface area contributed by atoms with Gasteiger partial charge in [0, 0.05) is 0 Å². The van der Waals surface area contributed by atoms with Crippen molar-refractivity contribution < 1.29 is 4.42 Å². The van der Waals surface area contributed by atoms with Gasteiger partial charge >= 0.3 is 0 Å². The average molecular weight is 238 g/mol. The maximum atomic E-state index is 6.13. The first kappa shape index (κ1) is 11.0. The first-order chi connectivity index (χ1) is 8.83. The second-order valence-electron chi connectivity index (χ2n) is 4.32. The van der Waals surface area contributed by atoms with Crippen molar-refractivity contribution in [1.82, 2.24) is 4.98 Å². The van der Waals surface area contributed by atoms with Gasteiger partial charge in [-0.2, -0.15) is 0 Å². The number of hydrogen-bond donors (Lipinski definition) is 1. The van der Waals surface area contributed by atoms with Gasteiger partial charge in [-0.1, -0.05) is 42.5 Å². The highest BCUT2D eigenvalue weighted by Gasteiger charge is 2.14. The molecular weight excluding hydrogens is 224 g/mol. The molecular formula is C15H14N2O. The smallest absolute Gasteiger partial charge is 0.212 e. The van der Waals surface area contributed by atoms with Crippen LogP contribution < -0.4 is 5.73 Å². The largest absolute Gasteiger partial charge is 0.439 e. The molecule has 1 atom stereocenters. The topological polar surface area (TPSA) is 52.0 Å². The maximum Gasteiger partial charge on any atom is 0.212 e. The van der Waals surface area contributed by atoms with Crippen molar-refractivity contribution in [2.75, 3.05) is 0 Å². The number of fused-ring (bicyclic) bond motifs is 1. The van der Waals surface area contributed by atoms with Gasteiger partial charge in [-0.25, -0.2) is 4.98 Å². The molecule has 0 spiro atoms. The first-order valence-electron chi connectivity index (χ1n) is 5.98. The van der Waals surface area contributed by atoms with Gasteiger partial charge in [0.15, 0.2) is 5.58 Å². The molecule has 0 aliphatic carbocycles. The van der Waals surface area contributed by atoms with Crippen LogP contribution in [-0.4, -0.2) is 4.98 Å². The highest BCUT2D eigenvalue weighted by Crippen LogP contribution is 2.21. The van der Waals surface area contributed by atoms with Crippen molar-refractivity contribution in [2.24, 2.45) is 5.73 Å². The van der Waals surface area contributed by atoms with E-state index in [1.54, 1.807) is 0 Å². The Hall–Kier alpha value is -2.13. The molecule has 1 heterocycles. The van der Waals surface area contributed by atoms with Crippen LogP contribution in [0.3, 0.4) is 0 Å². The van der Waals surface area contributed by atoms with Crippen molar-refractivity contribution in [1.29, 1.82) is 0 Å². The highest BCUT2D eigenvalue weighted by molar-refractivity contribution is 5.72. The zero-order valence-electron chi connectivity index (χ0n) is 9.91. The van der Waals surface area contributed by atoms with Crippen molar-refractivity contribution >= 4 is 11.1 Å². The summed E-state index contributed by atoms with van der Waals surface area (Å²) in [6.45, 7) is 0. The maximum absolute atomic E-state index is 6.13. The van der Waals surface area contributed by atoms with Crippen LogP contribution in [0.25, 0.3) is 11.1 Å². The summed E-state index contributed by atoms with van der Waals surface area (Å²) < 4.78 is 5.67. The Balaban J connectivity index is 1.86. The van der Waals surface area contributed by atoms with Crippen LogP contribution in [0.5, 0.6) is 0 Å². The molecule has 0 radical (unpaired) electrons. The first-order valence-corrected chi connectivity index (χ1v) is 5.98. The lowest BCUT2D eigenvalue weighted by Crippen LogP contribution is -2.13. The van der Waals surface area contributed by atoms with Crippen molar-refractivity contribution in [2.45, 2.75) is 12.5 Å². The molecule has 3 nitrogen and oxygen atoms in total. The van der Waals surface area contributed by atoms with E-state index in [9.17, 15) is 0 Å². The molecule has 3 rings (SSSR count). The van der Waals surface area contributed by atoms with E-state index < -0.39 is 0 Å². The molecule has 0 saturated heterocycles. The summed E-state index contributed by atoms with van der Waals surface area (Å²) in [5, 5.41) is 0. The minimum Gasteiger partial charge on any atom is -0.439 e. The number of para-hydroxylation sites is 2. The predicted octanol–water partition coefficient (Wildman–Crippen LogP) is 3.07. The van der Waals surface area contributed by atoms with E-state index in [0.717, 1.165) is 17.5 Å². The number of aromatic nitrogens is 1. The van der Waals surface area contributed by atoms with Crippen molar-refractivity contribution in [3.05, 3.63) is 66.1 Å². The molecule has 0 saturated carbocycles. The highest BCUT2D eigenvalue weighted by atomic mass is 16.3. The second kappa shape index (κ2) is 4.63. The summed E-state index contributed by atoms with van der Waals surface area (Å²) in [7, 11) is 0. The van der Waals surface area contributed by atoms with E-state index in [4.69, 9.17) is 10.2 Å². The van der Waals surface area contributed by atoms with E-state index in [-0.39, 0.29) is 6.04 Å². The SMILES string of the molecule is NC(Cc1ccccc1)c1nc2ccccc2o1. The van der Waals surface area contributed by atoms with E-state index in [1.165, 1.54) is 5.56 Å². The minimum absolute atomic E-state index is 0.209. The number of benzene rings is 2. The summed E-state index contributed by atoms with van der Waals surface area (Å²) in [5.41, 5.74) is 8.97. The fourth-order valence-electron chi connectivity index (χ4n) is 2.00. The summed E-state index contributed by atoms with van der Waals surface area (Å²) in [4.78, 5) is 4.42. The van der Waals surface area contributed by atoms with Crippen LogP contribution in [0.2, 0.25) is 0 Å². The van der Waals surface area contributed by atoms with Crippen LogP contribution in [0, 0.1) is 0 Å². The molecule has 0 amide bonds. The third-order valence-electron chi connectivity index (χ3n) is 2.93. The average Bonchev–Trinajstić information content (AvgIpc) is 2.84. The van der Waals surface area contributed by atoms with Crippen LogP contribution in [0.4, 0.5) is 0 Å². The molecule has 0 aliphatic heterocycles. The van der Waals surface area contributed by atoms with E-state index in [2.05, 4.69) is 17.1 Å². The summed E-state index contributed by atoms with van der Waals surface area (Å²) in [6, 6.07) is 17.6. The van der Waals surface area contributed by atoms with Gasteiger partial charge < -0.3 is 10.2 Å². The molecule has 2 N–H and O–H groups in total. The Morgan fingerprint density at radius 3 is 2.50 bits per heavy atom. The van der Waals surface area contributed by atoms with Crippen molar-refractivity contribution in [3.63, 3.8) is 0 Å². The van der Waals surface area contributed by atoms with Crippen LogP contribution in [0.15, 0.2) is 59.0 Å². The molecule has 0 fully saturated rings. The monoisotopic (exact) mass is 238 g/mol. The summed E-state index contributed by atoms with van der Waals surface area (Å²) >= 11 is 0. The molecule has 3 heteroatoms. The number of hydrogen-bond acceptors (Lipinski definition) is 3. The number of rotatable bonds is 3. The molecule has 18 heavy (non-hydrogen) atoms. The molecule has 1 aromatic heterocycles. The standard InChI is InChI=1S/C15H14N2O/c16-12(10-11-6-2-1-3-7-11)15-17-13-8-4-5-9-14(13)18-15/h1-9,12H,10,16H2. The van der Waals surface area contributed by atoms with Crippen LogP contribution >= 0.6 is 0 Å². The number of nitrogens with zero attached hydrogens (tertiary/aromatic N) is 1. The predicted molar refractivity (Wildman–Crippen MR) is 71.1 cm³/mol. The zero-order chi connectivity index (χ0) is 12.4. The zero-order valence-corrected chi connectivity index (χ0v) is 9.91. The lowest BCUT2D eigenvalue weighted by atomic mass is 10.1. The lowest BCUT2D eigenvalue weighted by molar-refractivity contribution is 0.474. The van der Waals surface area contributed by atoms with Gasteiger partial charge in [0.25, 0.3) is 0 Å². The fourth-order valence-corrected chi connectivity index (χ4v) is 2.00. The molecule has 90 valence electrons. The molecule has 1 unspecified atom stereocenters. The normalized spacial score (nSPS) is 12.7. The Morgan fingerprint density at radius 1 is 1.00 bits per heavy atom. The van der Waals surface area contributed by atoms with Gasteiger partial charge in [0.1, 0.15) is 5.52 Å². The molecule has 2 aromatic carbocycles. The third-order valence-corrected chi connectivity index (χ3v) is 2.93. The summed E-state index contributed by atoms with van der Waals surface area (Å²) in [6.07, 6.45) is 0.730. The second-order valence-corrected chi connectivity index (χ2v) is 4.32. The summed E-state index contributed by atoms with van der Waals surface area (Å²) in [5.74, 6) is 0.597. The fraction of sp³-hybridized carbons (Fsp3) is 0.133. The van der Waals surface area contributed by atoms with Crippen LogP contribution in [0.1, 0.15) is 17.5 Å². The number of nitrogens with two attached hydrogens (primary N) is 1. The van der Waals surface area contributed by atoms with E-state index in [0.29, 0.717) is 5.89 Å². The van der Waals surface area contributed by atoms with Gasteiger partial charge in [-0.3, -0.25) is 0 Å². The van der Waals surface area contributed by atoms with E-state index in [1.807, 2.05) is 42.5 Å². The van der Waals surface area contributed by atoms with Gasteiger partial charge in [0.2, 0.25) is 5.89 Å². The van der Waals surface area contributed by atoms with Crippen molar-refractivity contribution in [3.8, 4) is 0 Å². The van der Waals surface area contributed by atoms with Gasteiger partial charge in [0.05, 0.1) is 6.04 Å². The minimum atomic E-state index is -0.209. The Morgan fingerprint density at radius 2 is 1.72 bits per heavy atom. The Labute approximate surface area is 105 Å². The Kier molecular flexibility index (Phi) is 2.82. The van der Waals surface area contributed by atoms with Gasteiger partial charge in [-0.05, 0) is 24.1 Å². The quantitative estimate of drug-likeness (QED) is 0.763. The third kappa shape index (κ3) is 2.13. The van der Waals surface area contributed by atoms with E-state index >= 15 is 0 Å². The lowest BCUT2D eigenvalue weighted by Gasteiger charge is -2.06. The molecule has 3 aromatic rings. The number of oxazole rings is 1. The Bertz CT molecular complexity index is 613.